The molecular weight excluding hydrogens is 262 g/mol. The highest BCUT2D eigenvalue weighted by atomic mass is 16.2. The van der Waals surface area contributed by atoms with Crippen molar-refractivity contribution in [2.45, 2.75) is 19.0 Å². The molecule has 2 aliphatic rings. The van der Waals surface area contributed by atoms with Gasteiger partial charge in [0, 0.05) is 18.5 Å². The maximum atomic E-state index is 12.4. The minimum Gasteiger partial charge on any atom is -0.331 e. The average Bonchev–Trinajstić information content (AvgIpc) is 2.98. The van der Waals surface area contributed by atoms with E-state index in [-0.39, 0.29) is 23.7 Å². The van der Waals surface area contributed by atoms with E-state index in [1.165, 1.54) is 0 Å². The predicted molar refractivity (Wildman–Crippen MR) is 78.6 cm³/mol. The minimum atomic E-state index is -0.196. The first kappa shape index (κ1) is 12.3. The van der Waals surface area contributed by atoms with Gasteiger partial charge in [-0.2, -0.15) is 0 Å². The molecule has 104 valence electrons. The molecule has 1 aliphatic heterocycles. The van der Waals surface area contributed by atoms with Gasteiger partial charge in [-0.05, 0) is 11.1 Å². The summed E-state index contributed by atoms with van der Waals surface area (Å²) in [5.74, 6) is 0.00910. The fraction of sp³-hybridized carbons (Fsp3) is 0.222. The van der Waals surface area contributed by atoms with E-state index in [1.807, 2.05) is 59.5 Å². The van der Waals surface area contributed by atoms with E-state index in [2.05, 4.69) is 0 Å². The van der Waals surface area contributed by atoms with E-state index >= 15 is 0 Å². The third-order valence-corrected chi connectivity index (χ3v) is 4.51. The molecule has 2 atom stereocenters. The van der Waals surface area contributed by atoms with Crippen LogP contribution in [-0.2, 0) is 11.3 Å². The molecule has 0 saturated carbocycles. The lowest BCUT2D eigenvalue weighted by Crippen LogP contribution is -2.27. The topological polar surface area (TPSA) is 37.4 Å². The predicted octanol–water partition coefficient (Wildman–Crippen LogP) is 2.97. The van der Waals surface area contributed by atoms with Crippen molar-refractivity contribution in [1.82, 2.24) is 4.90 Å². The summed E-state index contributed by atoms with van der Waals surface area (Å²) >= 11 is 0. The van der Waals surface area contributed by atoms with Crippen molar-refractivity contribution in [2.24, 2.45) is 5.92 Å². The van der Waals surface area contributed by atoms with Gasteiger partial charge >= 0.3 is 0 Å². The first-order chi connectivity index (χ1) is 10.3. The van der Waals surface area contributed by atoms with Crippen LogP contribution in [-0.4, -0.2) is 16.6 Å². The maximum Gasteiger partial charge on any atom is 0.224 e. The van der Waals surface area contributed by atoms with Gasteiger partial charge in [-0.25, -0.2) is 0 Å². The minimum absolute atomic E-state index is 0.0803. The van der Waals surface area contributed by atoms with Crippen molar-refractivity contribution in [3.8, 4) is 0 Å². The largest absolute Gasteiger partial charge is 0.331 e. The first-order valence-electron chi connectivity index (χ1n) is 7.22. The van der Waals surface area contributed by atoms with Gasteiger partial charge in [0.1, 0.15) is 0 Å². The normalized spacial score (nSPS) is 23.3. The maximum absolute atomic E-state index is 12.4. The molecule has 0 aromatic heterocycles. The molecule has 2 aromatic rings. The lowest BCUT2D eigenvalue weighted by molar-refractivity contribution is -0.129. The van der Waals surface area contributed by atoms with Gasteiger partial charge in [0.25, 0.3) is 0 Å². The van der Waals surface area contributed by atoms with Crippen LogP contribution in [0.1, 0.15) is 33.9 Å². The van der Waals surface area contributed by atoms with Gasteiger partial charge in [0.15, 0.2) is 5.78 Å². The molecule has 1 aliphatic carbocycles. The molecule has 21 heavy (non-hydrogen) atoms. The molecule has 0 radical (unpaired) electrons. The van der Waals surface area contributed by atoms with E-state index in [0.717, 1.165) is 16.7 Å². The van der Waals surface area contributed by atoms with Crippen LogP contribution in [0, 0.1) is 5.92 Å². The summed E-state index contributed by atoms with van der Waals surface area (Å²) in [6.07, 6.45) is 0.338. The molecule has 2 unspecified atom stereocenters. The molecule has 4 rings (SSSR count). The van der Waals surface area contributed by atoms with Crippen molar-refractivity contribution < 1.29 is 9.59 Å². The number of fused-ring (bicyclic) bond motifs is 3. The van der Waals surface area contributed by atoms with Crippen LogP contribution < -0.4 is 0 Å². The molecule has 0 bridgehead atoms. The Hall–Kier alpha value is -2.42. The highest BCUT2D eigenvalue weighted by Gasteiger charge is 2.50. The zero-order chi connectivity index (χ0) is 14.4. The number of ketones is 1. The summed E-state index contributed by atoms with van der Waals surface area (Å²) in [7, 11) is 0. The third kappa shape index (κ3) is 1.81. The molecule has 3 nitrogen and oxygen atoms in total. The Morgan fingerprint density at radius 2 is 1.67 bits per heavy atom. The van der Waals surface area contributed by atoms with Gasteiger partial charge in [-0.15, -0.1) is 0 Å². The van der Waals surface area contributed by atoms with Crippen LogP contribution in [0.2, 0.25) is 0 Å². The lowest BCUT2D eigenvalue weighted by Gasteiger charge is -2.24. The Bertz CT molecular complexity index is 723. The number of benzene rings is 2. The third-order valence-electron chi connectivity index (χ3n) is 4.51. The quantitative estimate of drug-likeness (QED) is 0.846. The fourth-order valence-electron chi connectivity index (χ4n) is 3.56. The molecule has 0 spiro atoms. The SMILES string of the molecule is O=C1c2ccccc2C2C1CC(=O)N2Cc1ccccc1. The molecule has 1 saturated heterocycles. The molecule has 3 heteroatoms. The molecule has 1 amide bonds. The number of Topliss-reactive ketones (excluding diaryl/α,β-unsaturated/α-hetero) is 1. The molecule has 2 aromatic carbocycles. The van der Waals surface area contributed by atoms with Crippen molar-refractivity contribution in [3.63, 3.8) is 0 Å². The monoisotopic (exact) mass is 277 g/mol. The van der Waals surface area contributed by atoms with Crippen molar-refractivity contribution in [1.29, 1.82) is 0 Å². The first-order valence-corrected chi connectivity index (χ1v) is 7.22. The Morgan fingerprint density at radius 3 is 2.48 bits per heavy atom. The number of hydrogen-bond donors (Lipinski definition) is 0. The van der Waals surface area contributed by atoms with E-state index in [0.29, 0.717) is 13.0 Å². The highest BCUT2D eigenvalue weighted by molar-refractivity contribution is 6.06. The number of likely N-dealkylation sites (tertiary alicyclic amines) is 1. The average molecular weight is 277 g/mol. The van der Waals surface area contributed by atoms with Crippen LogP contribution in [0.5, 0.6) is 0 Å². The number of carbonyl (C=O) groups is 2. The van der Waals surface area contributed by atoms with Crippen LogP contribution in [0.25, 0.3) is 0 Å². The van der Waals surface area contributed by atoms with Crippen molar-refractivity contribution >= 4 is 11.7 Å². The van der Waals surface area contributed by atoms with Gasteiger partial charge in [-0.1, -0.05) is 54.6 Å². The fourth-order valence-corrected chi connectivity index (χ4v) is 3.56. The van der Waals surface area contributed by atoms with Crippen LogP contribution in [0.4, 0.5) is 0 Å². The van der Waals surface area contributed by atoms with Gasteiger partial charge in [0.2, 0.25) is 5.91 Å². The van der Waals surface area contributed by atoms with Gasteiger partial charge in [0.05, 0.1) is 12.0 Å². The lowest BCUT2D eigenvalue weighted by atomic mass is 10.0. The number of nitrogens with zero attached hydrogens (tertiary/aromatic N) is 1. The van der Waals surface area contributed by atoms with Crippen LogP contribution >= 0.6 is 0 Å². The summed E-state index contributed by atoms with van der Waals surface area (Å²) < 4.78 is 0. The summed E-state index contributed by atoms with van der Waals surface area (Å²) in [4.78, 5) is 26.6. The number of rotatable bonds is 2. The highest BCUT2D eigenvalue weighted by Crippen LogP contribution is 2.47. The Kier molecular flexibility index (Phi) is 2.67. The standard InChI is InChI=1S/C18H15NO2/c20-16-10-15-17(13-8-4-5-9-14(13)18(15)21)19(16)11-12-6-2-1-3-7-12/h1-9,15,17H,10-11H2. The zero-order valence-corrected chi connectivity index (χ0v) is 11.5. The van der Waals surface area contributed by atoms with Gasteiger partial charge < -0.3 is 4.90 Å². The zero-order valence-electron chi connectivity index (χ0n) is 11.5. The molecule has 0 N–H and O–H groups in total. The number of hydrogen-bond acceptors (Lipinski definition) is 2. The Morgan fingerprint density at radius 1 is 0.952 bits per heavy atom. The van der Waals surface area contributed by atoms with Gasteiger partial charge in [-0.3, -0.25) is 9.59 Å². The second-order valence-electron chi connectivity index (χ2n) is 5.71. The van der Waals surface area contributed by atoms with E-state index in [9.17, 15) is 9.59 Å². The van der Waals surface area contributed by atoms with Crippen LogP contribution in [0.15, 0.2) is 54.6 Å². The summed E-state index contributed by atoms with van der Waals surface area (Å²) in [5, 5.41) is 0. The van der Waals surface area contributed by atoms with Crippen molar-refractivity contribution in [3.05, 3.63) is 71.3 Å². The van der Waals surface area contributed by atoms with Crippen molar-refractivity contribution in [2.75, 3.05) is 0 Å². The number of amides is 1. The van der Waals surface area contributed by atoms with E-state index in [1.54, 1.807) is 0 Å². The number of carbonyl (C=O) groups excluding carboxylic acids is 2. The summed E-state index contributed by atoms with van der Waals surface area (Å²) in [6.45, 7) is 0.572. The Balaban J connectivity index is 1.73. The second-order valence-corrected chi connectivity index (χ2v) is 5.71. The summed E-state index contributed by atoms with van der Waals surface area (Å²) in [5.41, 5.74) is 2.90. The Labute approximate surface area is 123 Å². The van der Waals surface area contributed by atoms with E-state index < -0.39 is 0 Å². The molecular formula is C18H15NO2. The summed E-state index contributed by atoms with van der Waals surface area (Å²) in [6, 6.07) is 17.6. The smallest absolute Gasteiger partial charge is 0.224 e. The molecule has 1 fully saturated rings. The van der Waals surface area contributed by atoms with Crippen LogP contribution in [0.3, 0.4) is 0 Å². The molecule has 1 heterocycles. The van der Waals surface area contributed by atoms with E-state index in [4.69, 9.17) is 0 Å². The second kappa shape index (κ2) is 4.55.